The number of rotatable bonds is 6. The number of aryl methyl sites for hydroxylation is 1. The summed E-state index contributed by atoms with van der Waals surface area (Å²) in [5, 5.41) is 3.41. The number of carbonyl (C=O) groups excluding carboxylic acids is 3. The molecule has 0 saturated carbocycles. The first-order chi connectivity index (χ1) is 19.9. The van der Waals surface area contributed by atoms with Crippen molar-refractivity contribution in [3.63, 3.8) is 0 Å². The van der Waals surface area contributed by atoms with E-state index in [1.165, 1.54) is 7.11 Å². The second-order valence-corrected chi connectivity index (χ2v) is 12.6. The second-order valence-electron chi connectivity index (χ2n) is 12.6. The Morgan fingerprint density at radius 3 is 2.40 bits per heavy atom. The van der Waals surface area contributed by atoms with Gasteiger partial charge in [-0.15, -0.1) is 0 Å². The SMILES string of the molecule is COC(=O)C1=C(C)NC2=C(C(=O)CC(C)(C)C2)C1c1cc(/C=C/C(=O)c2ccccc2)c2cc(C(C)C)ccc(C)c1-2. The van der Waals surface area contributed by atoms with E-state index in [0.717, 1.165) is 39.1 Å². The van der Waals surface area contributed by atoms with Gasteiger partial charge in [-0.1, -0.05) is 82.3 Å². The Morgan fingerprint density at radius 2 is 1.74 bits per heavy atom. The number of ketones is 2. The minimum absolute atomic E-state index is 0.0409. The number of carbonyl (C=O) groups is 3. The lowest BCUT2D eigenvalue weighted by atomic mass is 9.68. The van der Waals surface area contributed by atoms with Crippen molar-refractivity contribution in [3.8, 4) is 11.1 Å². The monoisotopic (exact) mass is 561 g/mol. The van der Waals surface area contributed by atoms with Crippen molar-refractivity contribution in [2.75, 3.05) is 7.11 Å². The van der Waals surface area contributed by atoms with Crippen molar-refractivity contribution < 1.29 is 19.1 Å². The molecule has 5 rings (SSSR count). The predicted octanol–water partition coefficient (Wildman–Crippen LogP) is 7.90. The van der Waals surface area contributed by atoms with Crippen molar-refractivity contribution in [3.05, 3.63) is 111 Å². The zero-order valence-electron chi connectivity index (χ0n) is 25.6. The topological polar surface area (TPSA) is 72.5 Å². The molecule has 1 atom stereocenters. The van der Waals surface area contributed by atoms with Crippen molar-refractivity contribution in [2.24, 2.45) is 5.41 Å². The molecule has 1 aromatic rings. The molecule has 1 N–H and O–H groups in total. The van der Waals surface area contributed by atoms with Crippen LogP contribution >= 0.6 is 0 Å². The van der Waals surface area contributed by atoms with E-state index >= 15 is 0 Å². The third-order valence-electron chi connectivity index (χ3n) is 8.51. The molecule has 0 bridgehead atoms. The first kappa shape index (κ1) is 29.2. The molecular formula is C37H39NO4. The number of fused-ring (bicyclic) bond motifs is 1. The first-order valence-electron chi connectivity index (χ1n) is 14.6. The normalized spacial score (nSPS) is 18.5. The molecule has 3 aliphatic carbocycles. The smallest absolute Gasteiger partial charge is 0.336 e. The van der Waals surface area contributed by atoms with Gasteiger partial charge in [-0.3, -0.25) is 9.59 Å². The van der Waals surface area contributed by atoms with E-state index in [-0.39, 0.29) is 22.9 Å². The molecule has 1 unspecified atom stereocenters. The summed E-state index contributed by atoms with van der Waals surface area (Å²) in [6.07, 6.45) is 4.58. The zero-order valence-corrected chi connectivity index (χ0v) is 25.6. The van der Waals surface area contributed by atoms with Crippen LogP contribution < -0.4 is 5.32 Å². The molecule has 0 spiro atoms. The highest BCUT2D eigenvalue weighted by Crippen LogP contribution is 2.51. The maximum absolute atomic E-state index is 13.9. The molecule has 0 saturated heterocycles. The quantitative estimate of drug-likeness (QED) is 0.188. The van der Waals surface area contributed by atoms with E-state index < -0.39 is 11.9 Å². The van der Waals surface area contributed by atoms with E-state index in [1.54, 1.807) is 18.2 Å². The maximum Gasteiger partial charge on any atom is 0.336 e. The summed E-state index contributed by atoms with van der Waals surface area (Å²) in [6, 6.07) is 17.7. The molecule has 1 heterocycles. The highest BCUT2D eigenvalue weighted by Gasteiger charge is 2.44. The number of methoxy groups -OCH3 is 1. The zero-order chi connectivity index (χ0) is 30.3. The molecule has 0 aromatic heterocycles. The van der Waals surface area contributed by atoms with Gasteiger partial charge in [0.2, 0.25) is 0 Å². The highest BCUT2D eigenvalue weighted by atomic mass is 16.5. The van der Waals surface area contributed by atoms with Crippen LogP contribution in [0.2, 0.25) is 0 Å². The van der Waals surface area contributed by atoms with Crippen molar-refractivity contribution >= 4 is 23.6 Å². The van der Waals surface area contributed by atoms with E-state index in [4.69, 9.17) is 4.74 Å². The van der Waals surface area contributed by atoms with Crippen LogP contribution in [0.4, 0.5) is 0 Å². The van der Waals surface area contributed by atoms with Crippen molar-refractivity contribution in [1.82, 2.24) is 5.32 Å². The highest BCUT2D eigenvalue weighted by molar-refractivity contribution is 6.08. The number of nitrogens with one attached hydrogen (secondary N) is 1. The fourth-order valence-corrected chi connectivity index (χ4v) is 6.45. The summed E-state index contributed by atoms with van der Waals surface area (Å²) in [4.78, 5) is 40.3. The molecular weight excluding hydrogens is 522 g/mol. The third-order valence-corrected chi connectivity index (χ3v) is 8.51. The van der Waals surface area contributed by atoms with Crippen LogP contribution in [-0.2, 0) is 14.3 Å². The largest absolute Gasteiger partial charge is 0.466 e. The summed E-state index contributed by atoms with van der Waals surface area (Å²) in [5.41, 5.74) is 9.00. The van der Waals surface area contributed by atoms with Crippen LogP contribution in [0.1, 0.15) is 91.9 Å². The van der Waals surface area contributed by atoms with Crippen LogP contribution in [0.15, 0.2) is 83.2 Å². The molecule has 1 aromatic carbocycles. The fourth-order valence-electron chi connectivity index (χ4n) is 6.45. The number of benzene rings is 1. The summed E-state index contributed by atoms with van der Waals surface area (Å²) < 4.78 is 5.28. The maximum atomic E-state index is 13.9. The van der Waals surface area contributed by atoms with Gasteiger partial charge in [-0.25, -0.2) is 4.79 Å². The van der Waals surface area contributed by atoms with Crippen LogP contribution in [0.25, 0.3) is 17.2 Å². The number of esters is 1. The summed E-state index contributed by atoms with van der Waals surface area (Å²) >= 11 is 0. The van der Waals surface area contributed by atoms with Gasteiger partial charge < -0.3 is 10.1 Å². The van der Waals surface area contributed by atoms with Crippen molar-refractivity contribution in [2.45, 2.75) is 66.2 Å². The number of hydrogen-bond acceptors (Lipinski definition) is 5. The van der Waals surface area contributed by atoms with E-state index in [9.17, 15) is 14.4 Å². The van der Waals surface area contributed by atoms with Gasteiger partial charge in [-0.2, -0.15) is 0 Å². The molecule has 5 heteroatoms. The van der Waals surface area contributed by atoms with E-state index in [2.05, 4.69) is 64.2 Å². The minimum atomic E-state index is -0.588. The molecule has 216 valence electrons. The lowest BCUT2D eigenvalue weighted by Crippen LogP contribution is -2.38. The van der Waals surface area contributed by atoms with Gasteiger partial charge in [0.1, 0.15) is 0 Å². The van der Waals surface area contributed by atoms with Gasteiger partial charge >= 0.3 is 5.97 Å². The Morgan fingerprint density at radius 1 is 1.02 bits per heavy atom. The van der Waals surface area contributed by atoms with E-state index in [0.29, 0.717) is 35.2 Å². The van der Waals surface area contributed by atoms with Gasteiger partial charge in [0.25, 0.3) is 0 Å². The molecule has 42 heavy (non-hydrogen) atoms. The Balaban J connectivity index is 1.78. The third kappa shape index (κ3) is 5.36. The minimum Gasteiger partial charge on any atom is -0.466 e. The van der Waals surface area contributed by atoms with Crippen LogP contribution in [-0.4, -0.2) is 24.6 Å². The molecule has 1 aliphatic heterocycles. The van der Waals surface area contributed by atoms with Crippen LogP contribution in [0.3, 0.4) is 0 Å². The summed E-state index contributed by atoms with van der Waals surface area (Å²) in [5.74, 6) is -0.810. The number of allylic oxidation sites excluding steroid dienone is 4. The first-order valence-corrected chi connectivity index (χ1v) is 14.6. The number of dihydropyridines is 1. The van der Waals surface area contributed by atoms with Gasteiger partial charge in [0.05, 0.1) is 12.7 Å². The van der Waals surface area contributed by atoms with Crippen LogP contribution in [0.5, 0.6) is 0 Å². The van der Waals surface area contributed by atoms with Crippen molar-refractivity contribution in [1.29, 1.82) is 0 Å². The van der Waals surface area contributed by atoms with Gasteiger partial charge in [-0.05, 0) is 77.1 Å². The summed E-state index contributed by atoms with van der Waals surface area (Å²) in [6.45, 7) is 12.5. The lowest BCUT2D eigenvalue weighted by Gasteiger charge is -2.39. The number of Topliss-reactive ketones (excluding diaryl/α,β-unsaturated/α-hetero) is 1. The predicted molar refractivity (Wildman–Crippen MR) is 167 cm³/mol. The fraction of sp³-hybridized carbons (Fsp3) is 0.324. The molecule has 5 nitrogen and oxygen atoms in total. The standard InChI is InChI=1S/C37H39NO4/c1-21(2)25-14-13-22(3)32-27(17-25)26(15-16-30(39)24-11-9-8-10-12-24)18-28(32)34-33(36(41)42-7)23(4)38-29-19-37(5,6)20-31(40)35(29)34/h8-18,21,34,38H,19-20H2,1-7H3/b16-15+. The molecule has 0 radical (unpaired) electrons. The summed E-state index contributed by atoms with van der Waals surface area (Å²) in [7, 11) is 1.38. The Bertz CT molecular complexity index is 1650. The Hall–Kier alpha value is -4.25. The Kier molecular flexibility index (Phi) is 7.80. The number of hydrogen-bond donors (Lipinski definition) is 1. The van der Waals surface area contributed by atoms with Gasteiger partial charge in [0, 0.05) is 34.9 Å². The second kappa shape index (κ2) is 11.2. The molecule has 0 fully saturated rings. The van der Waals surface area contributed by atoms with Gasteiger partial charge in [0.15, 0.2) is 11.6 Å². The lowest BCUT2D eigenvalue weighted by molar-refractivity contribution is -0.136. The molecule has 0 amide bonds. The van der Waals surface area contributed by atoms with Crippen LogP contribution in [0, 0.1) is 12.3 Å². The Labute approximate surface area is 248 Å². The van der Waals surface area contributed by atoms with E-state index in [1.807, 2.05) is 31.2 Å². The number of ether oxygens (including phenoxy) is 1. The average Bonchev–Trinajstić information content (AvgIpc) is 3.19. The molecule has 4 aliphatic rings. The average molecular weight is 562 g/mol.